The molecule has 0 rings (SSSR count). The van der Waals surface area contributed by atoms with Crippen LogP contribution in [0.2, 0.25) is 0 Å². The van der Waals surface area contributed by atoms with Crippen LogP contribution in [0, 0.1) is 5.92 Å². The first-order valence-corrected chi connectivity index (χ1v) is 9.50. The number of rotatable bonds is 16. The van der Waals surface area contributed by atoms with Crippen LogP contribution in [0.1, 0.15) is 84.5 Å². The zero-order chi connectivity index (χ0) is 20.0. The molecule has 152 valence electrons. The summed E-state index contributed by atoms with van der Waals surface area (Å²) in [7, 11) is 0. The number of hydrogen-bond donors (Lipinski definition) is 3. The van der Waals surface area contributed by atoms with Gasteiger partial charge in [-0.05, 0) is 12.3 Å². The molecule has 26 heavy (non-hydrogen) atoms. The molecule has 0 aromatic heterocycles. The number of carboxylic acid groups (broad SMARTS) is 2. The number of unbranched alkanes of at least 4 members (excludes halogenated alkanes) is 7. The number of hydrogen-bond acceptors (Lipinski definition) is 5. The van der Waals surface area contributed by atoms with Crippen LogP contribution >= 0.6 is 0 Å². The predicted molar refractivity (Wildman–Crippen MR) is 96.8 cm³/mol. The maximum absolute atomic E-state index is 11.6. The molecule has 0 amide bonds. The third-order valence-electron chi connectivity index (χ3n) is 4.22. The van der Waals surface area contributed by atoms with Gasteiger partial charge in [0, 0.05) is 0 Å². The van der Waals surface area contributed by atoms with Crippen molar-refractivity contribution in [2.75, 3.05) is 6.61 Å². The summed E-state index contributed by atoms with van der Waals surface area (Å²) >= 11 is 0. The topological polar surface area (TPSA) is 121 Å². The number of carbonyl (C=O) groups is 3. The van der Waals surface area contributed by atoms with Gasteiger partial charge in [0.05, 0.1) is 19.4 Å². The third kappa shape index (κ3) is 12.7. The van der Waals surface area contributed by atoms with Gasteiger partial charge in [-0.1, -0.05) is 65.2 Å². The Morgan fingerprint density at radius 3 is 1.81 bits per heavy atom. The molecule has 7 nitrogen and oxygen atoms in total. The van der Waals surface area contributed by atoms with Crippen LogP contribution in [0.15, 0.2) is 0 Å². The van der Waals surface area contributed by atoms with Crippen molar-refractivity contribution in [3.63, 3.8) is 0 Å². The van der Waals surface area contributed by atoms with E-state index in [1.54, 1.807) is 0 Å². The minimum absolute atomic E-state index is 0.149. The molecule has 0 aromatic carbocycles. The van der Waals surface area contributed by atoms with Crippen molar-refractivity contribution in [1.82, 2.24) is 0 Å². The highest BCUT2D eigenvalue weighted by Crippen LogP contribution is 2.17. The molecule has 0 saturated carbocycles. The molecule has 3 N–H and O–H groups in total. The lowest BCUT2D eigenvalue weighted by atomic mass is 9.96. The molecule has 0 bridgehead atoms. The average molecular weight is 374 g/mol. The first kappa shape index (κ1) is 24.4. The van der Waals surface area contributed by atoms with Crippen LogP contribution < -0.4 is 0 Å². The largest absolute Gasteiger partial charge is 0.481 e. The molecule has 0 aromatic rings. The maximum atomic E-state index is 11.6. The number of carboxylic acids is 2. The van der Waals surface area contributed by atoms with E-state index >= 15 is 0 Å². The normalized spacial score (nSPS) is 13.4. The number of ether oxygens (including phenoxy) is 1. The Morgan fingerprint density at radius 2 is 1.35 bits per heavy atom. The van der Waals surface area contributed by atoms with Crippen molar-refractivity contribution in [2.24, 2.45) is 5.92 Å². The molecular weight excluding hydrogens is 340 g/mol. The second kappa shape index (κ2) is 13.6. The fraction of sp³-hybridized carbons (Fsp3) is 0.842. The van der Waals surface area contributed by atoms with E-state index in [2.05, 4.69) is 13.8 Å². The summed E-state index contributed by atoms with van der Waals surface area (Å²) in [5.41, 5.74) is -2.63. The van der Waals surface area contributed by atoms with Crippen LogP contribution in [0.4, 0.5) is 0 Å². The Morgan fingerprint density at radius 1 is 0.846 bits per heavy atom. The fourth-order valence-electron chi connectivity index (χ4n) is 2.66. The lowest BCUT2D eigenvalue weighted by molar-refractivity contribution is -0.172. The van der Waals surface area contributed by atoms with Gasteiger partial charge in [-0.2, -0.15) is 0 Å². The molecule has 7 heteroatoms. The molecule has 0 saturated heterocycles. The number of esters is 1. The second-order valence-electron chi connectivity index (χ2n) is 7.32. The SMILES string of the molecule is CC(C)CCCCCCCCCCOC(=O)CC(O)(CC(=O)O)C(=O)O. The van der Waals surface area contributed by atoms with E-state index in [9.17, 15) is 19.5 Å². The summed E-state index contributed by atoms with van der Waals surface area (Å²) in [6.45, 7) is 4.62. The first-order chi connectivity index (χ1) is 12.2. The van der Waals surface area contributed by atoms with Crippen LogP contribution in [0.3, 0.4) is 0 Å². The maximum Gasteiger partial charge on any atom is 0.336 e. The Balaban J connectivity index is 3.70. The molecule has 0 aliphatic heterocycles. The zero-order valence-corrected chi connectivity index (χ0v) is 16.0. The number of aliphatic hydroxyl groups is 1. The van der Waals surface area contributed by atoms with E-state index in [1.165, 1.54) is 32.1 Å². The molecule has 1 unspecified atom stereocenters. The second-order valence-corrected chi connectivity index (χ2v) is 7.32. The minimum Gasteiger partial charge on any atom is -0.481 e. The van der Waals surface area contributed by atoms with E-state index in [1.807, 2.05) is 0 Å². The van der Waals surface area contributed by atoms with Crippen LogP contribution in [0.5, 0.6) is 0 Å². The fourth-order valence-corrected chi connectivity index (χ4v) is 2.66. The van der Waals surface area contributed by atoms with Gasteiger partial charge in [0.1, 0.15) is 0 Å². The van der Waals surface area contributed by atoms with Gasteiger partial charge in [0.2, 0.25) is 0 Å². The summed E-state index contributed by atoms with van der Waals surface area (Å²) < 4.78 is 4.90. The Bertz CT molecular complexity index is 434. The highest BCUT2D eigenvalue weighted by atomic mass is 16.5. The summed E-state index contributed by atoms with van der Waals surface area (Å²) in [4.78, 5) is 33.1. The van der Waals surface area contributed by atoms with E-state index in [0.29, 0.717) is 6.42 Å². The van der Waals surface area contributed by atoms with E-state index < -0.39 is 36.4 Å². The standard InChI is InChI=1S/C19H34O7/c1-15(2)11-9-7-5-3-4-6-8-10-12-26-17(22)14-19(25,18(23)24)13-16(20)21/h15,25H,3-14H2,1-2H3,(H,20,21)(H,23,24). The highest BCUT2D eigenvalue weighted by Gasteiger charge is 2.41. The minimum atomic E-state index is -2.63. The van der Waals surface area contributed by atoms with Crippen molar-refractivity contribution < 1.29 is 34.4 Å². The summed E-state index contributed by atoms with van der Waals surface area (Å²) in [5.74, 6) is -3.37. The van der Waals surface area contributed by atoms with Gasteiger partial charge < -0.3 is 20.1 Å². The molecule has 0 fully saturated rings. The molecule has 1 atom stereocenters. The molecular formula is C19H34O7. The summed E-state index contributed by atoms with van der Waals surface area (Å²) in [5, 5.41) is 27.2. The van der Waals surface area contributed by atoms with Crippen LogP contribution in [-0.2, 0) is 19.1 Å². The number of carbonyl (C=O) groups excluding carboxylic acids is 1. The van der Waals surface area contributed by atoms with Gasteiger partial charge in [-0.3, -0.25) is 9.59 Å². The van der Waals surface area contributed by atoms with Crippen LogP contribution in [-0.4, -0.2) is 45.4 Å². The van der Waals surface area contributed by atoms with Gasteiger partial charge in [-0.25, -0.2) is 4.79 Å². The first-order valence-electron chi connectivity index (χ1n) is 9.50. The summed E-state index contributed by atoms with van der Waals surface area (Å²) in [6.07, 6.45) is 8.18. The van der Waals surface area contributed by atoms with Crippen LogP contribution in [0.25, 0.3) is 0 Å². The van der Waals surface area contributed by atoms with Crippen molar-refractivity contribution in [2.45, 2.75) is 90.1 Å². The van der Waals surface area contributed by atoms with Gasteiger partial charge in [0.25, 0.3) is 0 Å². The molecule has 0 heterocycles. The molecule has 0 aliphatic rings. The quantitative estimate of drug-likeness (QED) is 0.280. The van der Waals surface area contributed by atoms with Crippen molar-refractivity contribution in [3.8, 4) is 0 Å². The van der Waals surface area contributed by atoms with Crippen molar-refractivity contribution in [1.29, 1.82) is 0 Å². The van der Waals surface area contributed by atoms with E-state index in [4.69, 9.17) is 14.9 Å². The van der Waals surface area contributed by atoms with Gasteiger partial charge >= 0.3 is 17.9 Å². The molecule has 0 aliphatic carbocycles. The lowest BCUT2D eigenvalue weighted by Gasteiger charge is -2.20. The molecule has 0 spiro atoms. The highest BCUT2D eigenvalue weighted by molar-refractivity contribution is 5.88. The van der Waals surface area contributed by atoms with Crippen molar-refractivity contribution in [3.05, 3.63) is 0 Å². The smallest absolute Gasteiger partial charge is 0.336 e. The Kier molecular flexibility index (Phi) is 12.7. The lowest BCUT2D eigenvalue weighted by Crippen LogP contribution is -2.43. The van der Waals surface area contributed by atoms with E-state index in [-0.39, 0.29) is 6.61 Å². The third-order valence-corrected chi connectivity index (χ3v) is 4.22. The van der Waals surface area contributed by atoms with Crippen molar-refractivity contribution >= 4 is 17.9 Å². The molecule has 0 radical (unpaired) electrons. The Labute approximate surface area is 155 Å². The average Bonchev–Trinajstić information content (AvgIpc) is 2.51. The number of aliphatic carboxylic acids is 2. The van der Waals surface area contributed by atoms with Gasteiger partial charge in [0.15, 0.2) is 5.60 Å². The van der Waals surface area contributed by atoms with E-state index in [0.717, 1.165) is 25.2 Å². The Hall–Kier alpha value is -1.63. The predicted octanol–water partition coefficient (Wildman–Crippen LogP) is 3.38. The monoisotopic (exact) mass is 374 g/mol. The zero-order valence-electron chi connectivity index (χ0n) is 16.0. The van der Waals surface area contributed by atoms with Gasteiger partial charge in [-0.15, -0.1) is 0 Å². The summed E-state index contributed by atoms with van der Waals surface area (Å²) in [6, 6.07) is 0.